The Morgan fingerprint density at radius 1 is 0.328 bits per heavy atom. The van der Waals surface area contributed by atoms with Crippen LogP contribution in [0.3, 0.4) is 0 Å². The molecule has 0 aliphatic heterocycles. The molecule has 0 unspecified atom stereocenters. The number of para-hydroxylation sites is 2. The van der Waals surface area contributed by atoms with Crippen molar-refractivity contribution in [2.75, 3.05) is 0 Å². The molecule has 2 heterocycles. The zero-order valence-electron chi connectivity index (χ0n) is 34.1. The van der Waals surface area contributed by atoms with Gasteiger partial charge in [0.15, 0.2) is 0 Å². The van der Waals surface area contributed by atoms with Crippen molar-refractivity contribution in [3.8, 4) is 44.8 Å². The summed E-state index contributed by atoms with van der Waals surface area (Å²) in [5, 5.41) is 5.11. The van der Waals surface area contributed by atoms with Crippen LogP contribution in [0, 0.1) is 13.8 Å². The molecule has 0 radical (unpaired) electrons. The van der Waals surface area contributed by atoms with Crippen molar-refractivity contribution in [3.05, 3.63) is 192 Å². The molecule has 0 amide bonds. The number of rotatable bonds is 4. The maximum Gasteiger partial charge on any atom is 0.0547 e. The van der Waals surface area contributed by atoms with E-state index in [-0.39, 0.29) is 10.8 Å². The van der Waals surface area contributed by atoms with Gasteiger partial charge < -0.3 is 9.13 Å². The van der Waals surface area contributed by atoms with Crippen LogP contribution < -0.4 is 0 Å². The van der Waals surface area contributed by atoms with Gasteiger partial charge >= 0.3 is 0 Å². The van der Waals surface area contributed by atoms with Crippen LogP contribution in [-0.4, -0.2) is 9.13 Å². The third-order valence-corrected chi connectivity index (χ3v) is 14.0. The molecule has 58 heavy (non-hydrogen) atoms. The number of aryl methyl sites for hydroxylation is 2. The predicted molar refractivity (Wildman–Crippen MR) is 247 cm³/mol. The summed E-state index contributed by atoms with van der Waals surface area (Å²) in [4.78, 5) is 0. The third-order valence-electron chi connectivity index (χ3n) is 14.0. The SMILES string of the molecule is Cc1ccccc1-c1ccc2c3ccccc3n(-c3ccc4c(c3)C(C)(C)C(C)(C)c3cc(-n5c6ccccc6c6ccc(-c7ccccc7C)cc65)ccc3-4)c2c1. The smallest absolute Gasteiger partial charge is 0.0547 e. The molecule has 1 aliphatic carbocycles. The quantitative estimate of drug-likeness (QED) is 0.170. The molecule has 0 N–H and O–H groups in total. The molecule has 0 bridgehead atoms. The Bertz CT molecular complexity index is 3090. The lowest BCUT2D eigenvalue weighted by Gasteiger charge is -2.48. The minimum atomic E-state index is -0.173. The van der Waals surface area contributed by atoms with Gasteiger partial charge in [-0.2, -0.15) is 0 Å². The predicted octanol–water partition coefficient (Wildman–Crippen LogP) is 15.1. The maximum absolute atomic E-state index is 2.49. The van der Waals surface area contributed by atoms with E-state index in [0.717, 1.165) is 0 Å². The number of hydrogen-bond acceptors (Lipinski definition) is 0. The van der Waals surface area contributed by atoms with Crippen molar-refractivity contribution >= 4 is 43.6 Å². The number of benzene rings is 8. The molecule has 8 aromatic carbocycles. The van der Waals surface area contributed by atoms with Gasteiger partial charge in [0.2, 0.25) is 0 Å². The van der Waals surface area contributed by atoms with Crippen LogP contribution >= 0.6 is 0 Å². The van der Waals surface area contributed by atoms with Crippen LogP contribution in [0.4, 0.5) is 0 Å². The molecule has 0 saturated carbocycles. The van der Waals surface area contributed by atoms with Gasteiger partial charge in [0.1, 0.15) is 0 Å². The van der Waals surface area contributed by atoms with Crippen LogP contribution in [0.25, 0.3) is 88.4 Å². The lowest BCUT2D eigenvalue weighted by molar-refractivity contribution is 0.299. The molecular weight excluding hydrogens is 701 g/mol. The van der Waals surface area contributed by atoms with Crippen molar-refractivity contribution < 1.29 is 0 Å². The molecular formula is C56H46N2. The first kappa shape index (κ1) is 34.6. The van der Waals surface area contributed by atoms with Crippen molar-refractivity contribution in [1.82, 2.24) is 9.13 Å². The van der Waals surface area contributed by atoms with E-state index < -0.39 is 0 Å². The van der Waals surface area contributed by atoms with Gasteiger partial charge in [0, 0.05) is 32.9 Å². The summed E-state index contributed by atoms with van der Waals surface area (Å²) in [5.74, 6) is 0. The normalized spacial score (nSPS) is 14.3. The molecule has 0 fully saturated rings. The molecule has 1 aliphatic rings. The monoisotopic (exact) mass is 746 g/mol. The van der Waals surface area contributed by atoms with Crippen LogP contribution in [-0.2, 0) is 10.8 Å². The zero-order chi connectivity index (χ0) is 39.5. The average molecular weight is 747 g/mol. The number of nitrogens with zero attached hydrogens (tertiary/aromatic N) is 2. The molecule has 0 spiro atoms. The second kappa shape index (κ2) is 12.4. The van der Waals surface area contributed by atoms with E-state index in [9.17, 15) is 0 Å². The highest BCUT2D eigenvalue weighted by atomic mass is 15.0. The van der Waals surface area contributed by atoms with E-state index in [4.69, 9.17) is 0 Å². The summed E-state index contributed by atoms with van der Waals surface area (Å²) in [5.41, 5.74) is 20.0. The summed E-state index contributed by atoms with van der Waals surface area (Å²) < 4.78 is 4.98. The van der Waals surface area contributed by atoms with E-state index in [1.54, 1.807) is 0 Å². The molecule has 2 aromatic heterocycles. The second-order valence-corrected chi connectivity index (χ2v) is 17.5. The Morgan fingerprint density at radius 3 is 1.14 bits per heavy atom. The van der Waals surface area contributed by atoms with Crippen molar-refractivity contribution in [3.63, 3.8) is 0 Å². The van der Waals surface area contributed by atoms with Gasteiger partial charge in [0.25, 0.3) is 0 Å². The lowest BCUT2D eigenvalue weighted by atomic mass is 9.55. The Kier molecular flexibility index (Phi) is 7.41. The molecule has 10 aromatic rings. The largest absolute Gasteiger partial charge is 0.309 e. The second-order valence-electron chi connectivity index (χ2n) is 17.5. The molecule has 2 nitrogen and oxygen atoms in total. The van der Waals surface area contributed by atoms with E-state index in [2.05, 4.69) is 221 Å². The Hall–Kier alpha value is -6.64. The first-order valence-electron chi connectivity index (χ1n) is 20.6. The van der Waals surface area contributed by atoms with Crippen LogP contribution in [0.5, 0.6) is 0 Å². The van der Waals surface area contributed by atoms with Gasteiger partial charge in [-0.05, 0) is 129 Å². The first-order valence-corrected chi connectivity index (χ1v) is 20.6. The summed E-state index contributed by atoms with van der Waals surface area (Å²) in [6, 6.07) is 63.6. The standard InChI is InChI=1S/C56H46N2/c1-35-15-7-9-17-41(35)37-23-27-47-45-19-11-13-21-51(45)57(53(47)31-37)39-25-29-43-44-30-26-40(34-50(44)56(5,6)55(3,4)49(43)33-39)58-52-22-14-12-20-46(52)48-28-24-38(32-54(48)58)42-18-10-8-16-36(42)2/h7-34H,1-6H3. The van der Waals surface area contributed by atoms with Gasteiger partial charge in [0.05, 0.1) is 22.1 Å². The number of aromatic nitrogens is 2. The third kappa shape index (κ3) is 4.84. The average Bonchev–Trinajstić information content (AvgIpc) is 3.75. The van der Waals surface area contributed by atoms with E-state index >= 15 is 0 Å². The molecule has 2 heteroatoms. The fraction of sp³-hybridized carbons (Fsp3) is 0.143. The van der Waals surface area contributed by atoms with E-state index in [1.807, 2.05) is 0 Å². The van der Waals surface area contributed by atoms with Crippen LogP contribution in [0.2, 0.25) is 0 Å². The zero-order valence-corrected chi connectivity index (χ0v) is 34.1. The number of fused-ring (bicyclic) bond motifs is 9. The summed E-state index contributed by atoms with van der Waals surface area (Å²) in [7, 11) is 0. The van der Waals surface area contributed by atoms with Crippen molar-refractivity contribution in [2.45, 2.75) is 52.4 Å². The Morgan fingerprint density at radius 2 is 0.707 bits per heavy atom. The van der Waals surface area contributed by atoms with Gasteiger partial charge in [-0.1, -0.05) is 149 Å². The highest BCUT2D eigenvalue weighted by Gasteiger charge is 2.46. The molecule has 280 valence electrons. The minimum absolute atomic E-state index is 0.173. The van der Waals surface area contributed by atoms with Gasteiger partial charge in [-0.25, -0.2) is 0 Å². The van der Waals surface area contributed by atoms with E-state index in [0.29, 0.717) is 0 Å². The molecule has 11 rings (SSSR count). The number of hydrogen-bond donors (Lipinski definition) is 0. The summed E-state index contributed by atoms with van der Waals surface area (Å²) in [6.07, 6.45) is 0. The Balaban J connectivity index is 1.10. The fourth-order valence-corrected chi connectivity index (χ4v) is 10.1. The minimum Gasteiger partial charge on any atom is -0.309 e. The fourth-order valence-electron chi connectivity index (χ4n) is 10.1. The summed E-state index contributed by atoms with van der Waals surface area (Å²) in [6.45, 7) is 14.2. The summed E-state index contributed by atoms with van der Waals surface area (Å²) >= 11 is 0. The van der Waals surface area contributed by atoms with Crippen molar-refractivity contribution in [1.29, 1.82) is 0 Å². The van der Waals surface area contributed by atoms with Crippen LogP contribution in [0.1, 0.15) is 49.9 Å². The molecule has 0 saturated heterocycles. The molecule has 0 atom stereocenters. The van der Waals surface area contributed by atoms with Crippen molar-refractivity contribution in [2.24, 2.45) is 0 Å². The highest BCUT2D eigenvalue weighted by molar-refractivity contribution is 6.11. The first-order chi connectivity index (χ1) is 28.1. The lowest BCUT2D eigenvalue weighted by Crippen LogP contribution is -2.43. The van der Waals surface area contributed by atoms with Crippen LogP contribution in [0.15, 0.2) is 170 Å². The Labute approximate surface area is 340 Å². The van der Waals surface area contributed by atoms with E-state index in [1.165, 1.54) is 111 Å². The highest BCUT2D eigenvalue weighted by Crippen LogP contribution is 2.55. The maximum atomic E-state index is 2.49. The topological polar surface area (TPSA) is 9.86 Å². The van der Waals surface area contributed by atoms with Gasteiger partial charge in [-0.15, -0.1) is 0 Å². The van der Waals surface area contributed by atoms with Gasteiger partial charge in [-0.3, -0.25) is 0 Å².